The van der Waals surface area contributed by atoms with Crippen LogP contribution < -0.4 is 5.32 Å². The Morgan fingerprint density at radius 3 is 1.71 bits per heavy atom. The molecule has 1 amide bonds. The number of rotatable bonds is 7. The summed E-state index contributed by atoms with van der Waals surface area (Å²) in [7, 11) is 0. The standard InChI is InChI=1S/C30H27NO3/c32-19-28(29(21-11-3-1-4-12-21)22-13-5-2-6-14-22)31-30(33)34-20-27-25-17-9-7-15-23(25)24-16-8-10-18-26(24)27/h1-18,27-29,32H,19-20H2,(H,31,33)/t28-/m0/s1. The molecule has 34 heavy (non-hydrogen) atoms. The fraction of sp³-hybridized carbons (Fsp3) is 0.167. The van der Waals surface area contributed by atoms with E-state index in [1.807, 2.05) is 84.9 Å². The van der Waals surface area contributed by atoms with Crippen molar-refractivity contribution < 1.29 is 14.6 Å². The number of carbonyl (C=O) groups is 1. The molecule has 0 radical (unpaired) electrons. The van der Waals surface area contributed by atoms with Crippen LogP contribution in [0.2, 0.25) is 0 Å². The van der Waals surface area contributed by atoms with Gasteiger partial charge in [0.15, 0.2) is 0 Å². The van der Waals surface area contributed by atoms with Gasteiger partial charge in [0.1, 0.15) is 6.61 Å². The molecule has 4 aromatic rings. The maximum Gasteiger partial charge on any atom is 0.407 e. The molecular weight excluding hydrogens is 422 g/mol. The summed E-state index contributed by atoms with van der Waals surface area (Å²) in [4.78, 5) is 12.9. The summed E-state index contributed by atoms with van der Waals surface area (Å²) in [5.74, 6) is -0.211. The van der Waals surface area contributed by atoms with Crippen molar-refractivity contribution in [2.45, 2.75) is 17.9 Å². The van der Waals surface area contributed by atoms with E-state index in [2.05, 4.69) is 29.6 Å². The van der Waals surface area contributed by atoms with Gasteiger partial charge in [0.2, 0.25) is 0 Å². The van der Waals surface area contributed by atoms with Crippen molar-refractivity contribution in [3.8, 4) is 11.1 Å². The largest absolute Gasteiger partial charge is 0.449 e. The molecule has 4 aromatic carbocycles. The molecular formula is C30H27NO3. The van der Waals surface area contributed by atoms with E-state index in [1.165, 1.54) is 22.3 Å². The number of alkyl carbamates (subject to hydrolysis) is 1. The van der Waals surface area contributed by atoms with E-state index in [-0.39, 0.29) is 25.0 Å². The zero-order chi connectivity index (χ0) is 23.3. The Kier molecular flexibility index (Phi) is 6.41. The second kappa shape index (κ2) is 9.94. The minimum Gasteiger partial charge on any atom is -0.449 e. The first-order valence-corrected chi connectivity index (χ1v) is 11.6. The van der Waals surface area contributed by atoms with Gasteiger partial charge in [-0.25, -0.2) is 4.79 Å². The van der Waals surface area contributed by atoms with Crippen LogP contribution in [0.15, 0.2) is 109 Å². The monoisotopic (exact) mass is 449 g/mol. The molecule has 0 heterocycles. The van der Waals surface area contributed by atoms with E-state index < -0.39 is 12.1 Å². The summed E-state index contributed by atoms with van der Waals surface area (Å²) in [6, 6.07) is 35.8. The number of carbonyl (C=O) groups excluding carboxylic acids is 1. The third-order valence-electron chi connectivity index (χ3n) is 6.56. The molecule has 0 aromatic heterocycles. The zero-order valence-corrected chi connectivity index (χ0v) is 18.8. The first kappa shape index (κ1) is 21.9. The molecule has 0 spiro atoms. The molecule has 0 bridgehead atoms. The quantitative estimate of drug-likeness (QED) is 0.379. The van der Waals surface area contributed by atoms with Crippen molar-refractivity contribution in [1.29, 1.82) is 0 Å². The average molecular weight is 450 g/mol. The lowest BCUT2D eigenvalue weighted by atomic mass is 9.85. The molecule has 0 aliphatic heterocycles. The van der Waals surface area contributed by atoms with Gasteiger partial charge in [-0.2, -0.15) is 0 Å². The van der Waals surface area contributed by atoms with Gasteiger partial charge in [0.05, 0.1) is 12.6 Å². The van der Waals surface area contributed by atoms with Gasteiger partial charge in [0.25, 0.3) is 0 Å². The summed E-state index contributed by atoms with van der Waals surface area (Å²) < 4.78 is 5.73. The Morgan fingerprint density at radius 1 is 0.735 bits per heavy atom. The molecule has 1 aliphatic carbocycles. The van der Waals surface area contributed by atoms with E-state index >= 15 is 0 Å². The van der Waals surface area contributed by atoms with Crippen molar-refractivity contribution >= 4 is 6.09 Å². The molecule has 1 atom stereocenters. The van der Waals surface area contributed by atoms with E-state index in [9.17, 15) is 9.90 Å². The molecule has 1 aliphatic rings. The van der Waals surface area contributed by atoms with Crippen LogP contribution >= 0.6 is 0 Å². The van der Waals surface area contributed by atoms with Crippen molar-refractivity contribution in [3.05, 3.63) is 131 Å². The molecule has 170 valence electrons. The molecule has 4 nitrogen and oxygen atoms in total. The van der Waals surface area contributed by atoms with Gasteiger partial charge < -0.3 is 15.2 Å². The van der Waals surface area contributed by atoms with Gasteiger partial charge in [0, 0.05) is 11.8 Å². The maximum atomic E-state index is 12.9. The number of benzene rings is 4. The SMILES string of the molecule is O=C(N[C@@H](CO)C(c1ccccc1)c1ccccc1)OCC1c2ccccc2-c2ccccc21. The van der Waals surface area contributed by atoms with Gasteiger partial charge in [-0.05, 0) is 33.4 Å². The normalized spacial score (nSPS) is 13.2. The highest BCUT2D eigenvalue weighted by Gasteiger charge is 2.30. The number of hydrogen-bond acceptors (Lipinski definition) is 3. The lowest BCUT2D eigenvalue weighted by Gasteiger charge is -2.27. The molecule has 4 heteroatoms. The van der Waals surface area contributed by atoms with E-state index in [1.54, 1.807) is 0 Å². The number of ether oxygens (including phenoxy) is 1. The third-order valence-corrected chi connectivity index (χ3v) is 6.56. The fourth-order valence-corrected chi connectivity index (χ4v) is 5.00. The topological polar surface area (TPSA) is 58.6 Å². The minimum atomic E-state index is -0.530. The van der Waals surface area contributed by atoms with Gasteiger partial charge in [-0.15, -0.1) is 0 Å². The first-order valence-electron chi connectivity index (χ1n) is 11.6. The highest BCUT2D eigenvalue weighted by molar-refractivity contribution is 5.79. The number of hydrogen-bond donors (Lipinski definition) is 2. The van der Waals surface area contributed by atoms with Crippen LogP contribution in [0.1, 0.15) is 34.1 Å². The van der Waals surface area contributed by atoms with Crippen molar-refractivity contribution in [2.75, 3.05) is 13.2 Å². The number of fused-ring (bicyclic) bond motifs is 3. The smallest absolute Gasteiger partial charge is 0.407 e. The summed E-state index contributed by atoms with van der Waals surface area (Å²) in [6.45, 7) is 0.0258. The van der Waals surface area contributed by atoms with Crippen molar-refractivity contribution in [1.82, 2.24) is 5.32 Å². The van der Waals surface area contributed by atoms with Crippen LogP contribution in [0.4, 0.5) is 4.79 Å². The lowest BCUT2D eigenvalue weighted by molar-refractivity contribution is 0.130. The molecule has 5 rings (SSSR count). The third kappa shape index (κ3) is 4.33. The Hall–Kier alpha value is -3.89. The first-order chi connectivity index (χ1) is 16.8. The van der Waals surface area contributed by atoms with Crippen molar-refractivity contribution in [3.63, 3.8) is 0 Å². The van der Waals surface area contributed by atoms with Gasteiger partial charge in [-0.1, -0.05) is 109 Å². The predicted octanol–water partition coefficient (Wildman–Crippen LogP) is 5.72. The van der Waals surface area contributed by atoms with Crippen LogP contribution in [0.5, 0.6) is 0 Å². The van der Waals surface area contributed by atoms with Gasteiger partial charge >= 0.3 is 6.09 Å². The molecule has 0 unspecified atom stereocenters. The minimum absolute atomic E-state index is 0.00947. The van der Waals surface area contributed by atoms with Gasteiger partial charge in [-0.3, -0.25) is 0 Å². The summed E-state index contributed by atoms with van der Waals surface area (Å²) in [5, 5.41) is 13.2. The highest BCUT2D eigenvalue weighted by Crippen LogP contribution is 2.44. The number of nitrogens with one attached hydrogen (secondary N) is 1. The highest BCUT2D eigenvalue weighted by atomic mass is 16.5. The number of aliphatic hydroxyl groups excluding tert-OH is 1. The molecule has 0 saturated heterocycles. The molecule has 0 fully saturated rings. The molecule has 2 N–H and O–H groups in total. The van der Waals surface area contributed by atoms with Crippen LogP contribution in [0, 0.1) is 0 Å². The van der Waals surface area contributed by atoms with E-state index in [0.717, 1.165) is 11.1 Å². The van der Waals surface area contributed by atoms with E-state index in [4.69, 9.17) is 4.74 Å². The second-order valence-corrected chi connectivity index (χ2v) is 8.56. The van der Waals surface area contributed by atoms with Crippen LogP contribution in [-0.4, -0.2) is 30.5 Å². The Bertz CT molecular complexity index is 1170. The fourth-order valence-electron chi connectivity index (χ4n) is 5.00. The van der Waals surface area contributed by atoms with Crippen molar-refractivity contribution in [2.24, 2.45) is 0 Å². The average Bonchev–Trinajstić information content (AvgIpc) is 3.22. The Labute approximate surface area is 199 Å². The zero-order valence-electron chi connectivity index (χ0n) is 18.8. The molecule has 0 saturated carbocycles. The second-order valence-electron chi connectivity index (χ2n) is 8.56. The predicted molar refractivity (Wildman–Crippen MR) is 134 cm³/mol. The maximum absolute atomic E-state index is 12.9. The summed E-state index contributed by atoms with van der Waals surface area (Å²) in [6.07, 6.45) is -0.530. The summed E-state index contributed by atoms with van der Waals surface area (Å²) >= 11 is 0. The van der Waals surface area contributed by atoms with E-state index in [0.29, 0.717) is 0 Å². The Balaban J connectivity index is 1.33. The number of aliphatic hydroxyl groups is 1. The lowest BCUT2D eigenvalue weighted by Crippen LogP contribution is -2.43. The van der Waals surface area contributed by atoms with Crippen LogP contribution in [0.3, 0.4) is 0 Å². The number of amides is 1. The van der Waals surface area contributed by atoms with Crippen LogP contribution in [0.25, 0.3) is 11.1 Å². The van der Waals surface area contributed by atoms with Crippen LogP contribution in [-0.2, 0) is 4.74 Å². The Morgan fingerprint density at radius 2 is 1.21 bits per heavy atom. The summed E-state index contributed by atoms with van der Waals surface area (Å²) in [5.41, 5.74) is 6.75.